The molecule has 1 unspecified atom stereocenters. The van der Waals surface area contributed by atoms with Gasteiger partial charge in [-0.25, -0.2) is 0 Å². The van der Waals surface area contributed by atoms with E-state index < -0.39 is 0 Å². The molecule has 1 atom stereocenters. The Morgan fingerprint density at radius 3 is 2.39 bits per heavy atom. The minimum absolute atomic E-state index is 0.0929. The van der Waals surface area contributed by atoms with Gasteiger partial charge in [0, 0.05) is 22.6 Å². The van der Waals surface area contributed by atoms with E-state index in [1.54, 1.807) is 7.11 Å². The molecule has 0 bridgehead atoms. The zero-order valence-electron chi connectivity index (χ0n) is 14.1. The molecule has 0 aliphatic heterocycles. The van der Waals surface area contributed by atoms with E-state index in [1.807, 2.05) is 26.0 Å². The van der Waals surface area contributed by atoms with Crippen molar-refractivity contribution in [1.29, 1.82) is 0 Å². The lowest BCUT2D eigenvalue weighted by atomic mass is 10.1. The van der Waals surface area contributed by atoms with Gasteiger partial charge in [-0.1, -0.05) is 46.3 Å². The molecule has 2 aromatic rings. The molecular formula is C19H24BrNO2. The Hall–Kier alpha value is -1.52. The third-order valence-corrected chi connectivity index (χ3v) is 4.03. The molecule has 0 spiro atoms. The predicted octanol–water partition coefficient (Wildman–Crippen LogP) is 5.10. The number of methoxy groups -OCH3 is 1. The van der Waals surface area contributed by atoms with E-state index in [-0.39, 0.29) is 12.1 Å². The molecule has 0 saturated heterocycles. The molecule has 0 heterocycles. The van der Waals surface area contributed by atoms with Crippen LogP contribution in [0, 0.1) is 0 Å². The van der Waals surface area contributed by atoms with Crippen LogP contribution in [0.25, 0.3) is 0 Å². The summed E-state index contributed by atoms with van der Waals surface area (Å²) in [5.74, 6) is 1.55. The second-order valence-electron chi connectivity index (χ2n) is 5.78. The monoisotopic (exact) mass is 377 g/mol. The van der Waals surface area contributed by atoms with Gasteiger partial charge >= 0.3 is 0 Å². The highest BCUT2D eigenvalue weighted by Gasteiger charge is 2.15. The van der Waals surface area contributed by atoms with Crippen molar-refractivity contribution in [3.05, 3.63) is 58.1 Å². The first kappa shape index (κ1) is 17.8. The average Bonchev–Trinajstić information content (AvgIpc) is 2.54. The molecule has 0 aliphatic carbocycles. The quantitative estimate of drug-likeness (QED) is 0.728. The largest absolute Gasteiger partial charge is 0.493 e. The fourth-order valence-corrected chi connectivity index (χ4v) is 2.88. The lowest BCUT2D eigenvalue weighted by Crippen LogP contribution is -2.19. The van der Waals surface area contributed by atoms with Gasteiger partial charge < -0.3 is 14.8 Å². The first-order valence-electron chi connectivity index (χ1n) is 7.82. The molecule has 23 heavy (non-hydrogen) atoms. The first-order valence-corrected chi connectivity index (χ1v) is 8.62. The van der Waals surface area contributed by atoms with Gasteiger partial charge in [0.2, 0.25) is 0 Å². The Balaban J connectivity index is 2.19. The van der Waals surface area contributed by atoms with Crippen LogP contribution in [-0.4, -0.2) is 13.2 Å². The number of ether oxygens (including phenoxy) is 2. The highest BCUT2D eigenvalue weighted by molar-refractivity contribution is 9.10. The Morgan fingerprint density at radius 2 is 1.78 bits per heavy atom. The summed E-state index contributed by atoms with van der Waals surface area (Å²) in [6, 6.07) is 14.7. The van der Waals surface area contributed by atoms with E-state index in [4.69, 9.17) is 9.47 Å². The third-order valence-electron chi connectivity index (χ3n) is 3.57. The second-order valence-corrected chi connectivity index (χ2v) is 6.69. The summed E-state index contributed by atoms with van der Waals surface area (Å²) in [4.78, 5) is 0. The van der Waals surface area contributed by atoms with Crippen LogP contribution >= 0.6 is 15.9 Å². The Labute approximate surface area is 147 Å². The maximum absolute atomic E-state index is 5.97. The van der Waals surface area contributed by atoms with Crippen molar-refractivity contribution in [3.8, 4) is 11.5 Å². The van der Waals surface area contributed by atoms with Gasteiger partial charge in [0.25, 0.3) is 0 Å². The van der Waals surface area contributed by atoms with Crippen LogP contribution in [0.2, 0.25) is 0 Å². The van der Waals surface area contributed by atoms with Gasteiger partial charge in [0.1, 0.15) is 0 Å². The first-order chi connectivity index (χ1) is 11.0. The normalized spacial score (nSPS) is 12.3. The van der Waals surface area contributed by atoms with E-state index in [9.17, 15) is 0 Å². The second kappa shape index (κ2) is 8.37. The minimum Gasteiger partial charge on any atom is -0.493 e. The van der Waals surface area contributed by atoms with Crippen molar-refractivity contribution in [3.63, 3.8) is 0 Å². The third kappa shape index (κ3) is 4.98. The van der Waals surface area contributed by atoms with Crippen LogP contribution in [0.1, 0.15) is 37.9 Å². The van der Waals surface area contributed by atoms with Gasteiger partial charge in [-0.05, 0) is 38.5 Å². The van der Waals surface area contributed by atoms with E-state index in [0.29, 0.717) is 6.54 Å². The lowest BCUT2D eigenvalue weighted by Gasteiger charge is -2.20. The number of hydrogen-bond acceptors (Lipinski definition) is 3. The molecule has 124 valence electrons. The van der Waals surface area contributed by atoms with Crippen molar-refractivity contribution in [2.45, 2.75) is 39.5 Å². The van der Waals surface area contributed by atoms with Crippen LogP contribution in [-0.2, 0) is 6.54 Å². The van der Waals surface area contributed by atoms with Crippen molar-refractivity contribution >= 4 is 15.9 Å². The molecule has 0 aliphatic rings. The van der Waals surface area contributed by atoms with Crippen molar-refractivity contribution < 1.29 is 9.47 Å². The highest BCUT2D eigenvalue weighted by atomic mass is 79.9. The summed E-state index contributed by atoms with van der Waals surface area (Å²) in [7, 11) is 1.67. The van der Waals surface area contributed by atoms with E-state index >= 15 is 0 Å². The van der Waals surface area contributed by atoms with E-state index in [0.717, 1.165) is 21.5 Å². The molecule has 0 saturated carbocycles. The Kier molecular flexibility index (Phi) is 6.48. The van der Waals surface area contributed by atoms with Crippen LogP contribution in [0.4, 0.5) is 0 Å². The summed E-state index contributed by atoms with van der Waals surface area (Å²) in [5.41, 5.74) is 2.34. The summed E-state index contributed by atoms with van der Waals surface area (Å²) in [5, 5.41) is 3.55. The van der Waals surface area contributed by atoms with Crippen molar-refractivity contribution in [2.75, 3.05) is 7.11 Å². The zero-order chi connectivity index (χ0) is 16.8. The maximum Gasteiger partial charge on any atom is 0.166 e. The maximum atomic E-state index is 5.97. The topological polar surface area (TPSA) is 30.5 Å². The van der Waals surface area contributed by atoms with Crippen LogP contribution in [0.3, 0.4) is 0 Å². The van der Waals surface area contributed by atoms with Gasteiger partial charge in [-0.3, -0.25) is 0 Å². The summed E-state index contributed by atoms with van der Waals surface area (Å²) < 4.78 is 12.4. The number of halogens is 1. The molecule has 0 radical (unpaired) electrons. The van der Waals surface area contributed by atoms with Crippen LogP contribution in [0.5, 0.6) is 11.5 Å². The van der Waals surface area contributed by atoms with Gasteiger partial charge in [0.15, 0.2) is 11.5 Å². The zero-order valence-corrected chi connectivity index (χ0v) is 15.7. The number of hydrogen-bond donors (Lipinski definition) is 1. The van der Waals surface area contributed by atoms with Crippen molar-refractivity contribution in [1.82, 2.24) is 5.32 Å². The summed E-state index contributed by atoms with van der Waals surface area (Å²) in [6.07, 6.45) is 0.0929. The number of benzene rings is 2. The van der Waals surface area contributed by atoms with Crippen LogP contribution in [0.15, 0.2) is 46.9 Å². The fraction of sp³-hybridized carbons (Fsp3) is 0.368. The van der Waals surface area contributed by atoms with E-state index in [1.165, 1.54) is 5.56 Å². The predicted molar refractivity (Wildman–Crippen MR) is 98.2 cm³/mol. The lowest BCUT2D eigenvalue weighted by molar-refractivity contribution is 0.227. The van der Waals surface area contributed by atoms with E-state index in [2.05, 4.69) is 58.5 Å². The summed E-state index contributed by atoms with van der Waals surface area (Å²) in [6.45, 7) is 6.90. The molecule has 0 fully saturated rings. The Bertz CT molecular complexity index is 629. The molecule has 2 aromatic carbocycles. The molecule has 4 heteroatoms. The van der Waals surface area contributed by atoms with Gasteiger partial charge in [-0.2, -0.15) is 0 Å². The fourth-order valence-electron chi connectivity index (χ4n) is 2.40. The average molecular weight is 378 g/mol. The molecule has 3 nitrogen and oxygen atoms in total. The number of rotatable bonds is 7. The minimum atomic E-state index is 0.0929. The van der Waals surface area contributed by atoms with Crippen LogP contribution < -0.4 is 14.8 Å². The SMILES string of the molecule is COc1cc(Br)cc(CNC(C)c2ccccc2)c1OC(C)C. The van der Waals surface area contributed by atoms with Crippen molar-refractivity contribution in [2.24, 2.45) is 0 Å². The standard InChI is InChI=1S/C19H24BrNO2/c1-13(2)23-19-16(10-17(20)11-18(19)22-4)12-21-14(3)15-8-6-5-7-9-15/h5-11,13-14,21H,12H2,1-4H3. The molecule has 1 N–H and O–H groups in total. The van der Waals surface area contributed by atoms with Gasteiger partial charge in [-0.15, -0.1) is 0 Å². The number of nitrogens with one attached hydrogen (secondary N) is 1. The highest BCUT2D eigenvalue weighted by Crippen LogP contribution is 2.35. The molecular weight excluding hydrogens is 354 g/mol. The smallest absolute Gasteiger partial charge is 0.166 e. The van der Waals surface area contributed by atoms with Gasteiger partial charge in [0.05, 0.1) is 13.2 Å². The Morgan fingerprint density at radius 1 is 1.09 bits per heavy atom. The molecule has 0 amide bonds. The molecule has 0 aromatic heterocycles. The summed E-state index contributed by atoms with van der Waals surface area (Å²) >= 11 is 3.54. The molecule has 2 rings (SSSR count).